The van der Waals surface area contributed by atoms with Gasteiger partial charge >= 0.3 is 0 Å². The van der Waals surface area contributed by atoms with E-state index in [-0.39, 0.29) is 0 Å². The molecule has 0 bridgehead atoms. The minimum Gasteiger partial charge on any atom is -0.388 e. The fraction of sp³-hybridized carbons (Fsp3) is 1.00. The van der Waals surface area contributed by atoms with Crippen LogP contribution in [-0.2, 0) is 4.74 Å². The van der Waals surface area contributed by atoms with Crippen LogP contribution >= 0.6 is 0 Å². The Hall–Kier alpha value is -0.120. The van der Waals surface area contributed by atoms with Gasteiger partial charge in [0.1, 0.15) is 0 Å². The lowest BCUT2D eigenvalue weighted by Gasteiger charge is -2.54. The molecule has 2 aliphatic heterocycles. The highest BCUT2D eigenvalue weighted by Crippen LogP contribution is 2.44. The molecule has 98 valence electrons. The van der Waals surface area contributed by atoms with Crippen molar-refractivity contribution in [1.82, 2.24) is 4.90 Å². The van der Waals surface area contributed by atoms with Crippen LogP contribution in [0, 0.1) is 5.41 Å². The summed E-state index contributed by atoms with van der Waals surface area (Å²) in [5, 5.41) is 10.5. The van der Waals surface area contributed by atoms with Gasteiger partial charge in [-0.05, 0) is 18.3 Å². The summed E-state index contributed by atoms with van der Waals surface area (Å²) in [6.07, 6.45) is 8.75. The molecular weight excluding hydrogens is 214 g/mol. The van der Waals surface area contributed by atoms with Crippen LogP contribution in [0.25, 0.3) is 0 Å². The van der Waals surface area contributed by atoms with Crippen LogP contribution in [0.2, 0.25) is 0 Å². The molecule has 1 N–H and O–H groups in total. The molecule has 0 atom stereocenters. The number of nitrogens with zero attached hydrogens (tertiary/aromatic N) is 1. The predicted octanol–water partition coefficient (Wildman–Crippen LogP) is 1.79. The Kier molecular flexibility index (Phi) is 3.18. The second kappa shape index (κ2) is 4.52. The van der Waals surface area contributed by atoms with E-state index in [9.17, 15) is 5.11 Å². The molecule has 0 aromatic rings. The van der Waals surface area contributed by atoms with E-state index in [1.807, 2.05) is 0 Å². The summed E-state index contributed by atoms with van der Waals surface area (Å²) in [6.45, 7) is 4.80. The lowest BCUT2D eigenvalue weighted by molar-refractivity contribution is -0.117. The number of β-amino-alcohol motifs (C(OH)–C–C–N with tert-alkyl or cyclic N) is 1. The topological polar surface area (TPSA) is 32.7 Å². The Bertz CT molecular complexity index is 259. The molecular formula is C14H25NO2. The van der Waals surface area contributed by atoms with Crippen LogP contribution in [-0.4, -0.2) is 48.5 Å². The van der Waals surface area contributed by atoms with E-state index in [1.165, 1.54) is 45.2 Å². The summed E-state index contributed by atoms with van der Waals surface area (Å²) in [7, 11) is 0. The molecule has 2 saturated heterocycles. The molecule has 0 aromatic carbocycles. The number of aliphatic hydroxyl groups is 1. The van der Waals surface area contributed by atoms with Crippen LogP contribution < -0.4 is 0 Å². The zero-order valence-electron chi connectivity index (χ0n) is 10.8. The van der Waals surface area contributed by atoms with Crippen molar-refractivity contribution in [3.63, 3.8) is 0 Å². The number of hydrogen-bond acceptors (Lipinski definition) is 3. The van der Waals surface area contributed by atoms with E-state index < -0.39 is 5.60 Å². The van der Waals surface area contributed by atoms with Crippen molar-refractivity contribution >= 4 is 0 Å². The zero-order chi connectivity index (χ0) is 11.8. The average Bonchev–Trinajstić information content (AvgIpc) is 2.29. The second-order valence-electron chi connectivity index (χ2n) is 6.54. The third-order valence-electron chi connectivity index (χ3n) is 4.97. The Balaban J connectivity index is 1.48. The first kappa shape index (κ1) is 11.9. The summed E-state index contributed by atoms with van der Waals surface area (Å²) in [4.78, 5) is 2.47. The molecule has 1 aliphatic carbocycles. The van der Waals surface area contributed by atoms with E-state index in [0.29, 0.717) is 5.41 Å². The van der Waals surface area contributed by atoms with Crippen LogP contribution in [0.5, 0.6) is 0 Å². The smallest absolute Gasteiger partial charge is 0.0817 e. The monoisotopic (exact) mass is 239 g/mol. The normalized spacial score (nSPS) is 32.3. The lowest BCUT2D eigenvalue weighted by atomic mass is 9.68. The SMILES string of the molecule is OC1(CN2CC3(CCCCC3)C2)CCOCC1. The van der Waals surface area contributed by atoms with Gasteiger partial charge in [0.25, 0.3) is 0 Å². The van der Waals surface area contributed by atoms with Crippen LogP contribution in [0.3, 0.4) is 0 Å². The van der Waals surface area contributed by atoms with Gasteiger partial charge in [0, 0.05) is 45.7 Å². The first-order chi connectivity index (χ1) is 8.20. The largest absolute Gasteiger partial charge is 0.388 e. The summed E-state index contributed by atoms with van der Waals surface area (Å²) < 4.78 is 5.33. The molecule has 3 nitrogen and oxygen atoms in total. The highest BCUT2D eigenvalue weighted by atomic mass is 16.5. The Morgan fingerprint density at radius 1 is 0.941 bits per heavy atom. The zero-order valence-corrected chi connectivity index (χ0v) is 10.8. The van der Waals surface area contributed by atoms with Crippen molar-refractivity contribution in [2.45, 2.75) is 50.5 Å². The van der Waals surface area contributed by atoms with Gasteiger partial charge in [-0.3, -0.25) is 4.90 Å². The van der Waals surface area contributed by atoms with E-state index >= 15 is 0 Å². The van der Waals surface area contributed by atoms with Gasteiger partial charge in [-0.15, -0.1) is 0 Å². The number of hydrogen-bond donors (Lipinski definition) is 1. The standard InChI is InChI=1S/C14H25NO2/c16-14(6-8-17-9-7-14)12-15-10-13(11-15)4-2-1-3-5-13/h16H,1-12H2. The maximum atomic E-state index is 10.5. The molecule has 0 amide bonds. The molecule has 1 spiro atoms. The third kappa shape index (κ3) is 2.51. The maximum Gasteiger partial charge on any atom is 0.0817 e. The predicted molar refractivity (Wildman–Crippen MR) is 67.0 cm³/mol. The highest BCUT2D eigenvalue weighted by molar-refractivity contribution is 4.99. The fourth-order valence-electron chi connectivity index (χ4n) is 3.96. The lowest BCUT2D eigenvalue weighted by Crippen LogP contribution is -2.61. The minimum atomic E-state index is -0.464. The second-order valence-corrected chi connectivity index (χ2v) is 6.54. The van der Waals surface area contributed by atoms with Gasteiger partial charge in [-0.25, -0.2) is 0 Å². The Morgan fingerprint density at radius 3 is 2.24 bits per heavy atom. The molecule has 0 aromatic heterocycles. The van der Waals surface area contributed by atoms with E-state index in [0.717, 1.165) is 32.6 Å². The van der Waals surface area contributed by atoms with Crippen LogP contribution in [0.15, 0.2) is 0 Å². The fourth-order valence-corrected chi connectivity index (χ4v) is 3.96. The highest BCUT2D eigenvalue weighted by Gasteiger charge is 2.45. The maximum absolute atomic E-state index is 10.5. The van der Waals surface area contributed by atoms with Gasteiger partial charge in [-0.1, -0.05) is 19.3 Å². The summed E-state index contributed by atoms with van der Waals surface area (Å²) in [6, 6.07) is 0. The average molecular weight is 239 g/mol. The van der Waals surface area contributed by atoms with Crippen molar-refractivity contribution in [2.24, 2.45) is 5.41 Å². The number of likely N-dealkylation sites (tertiary alicyclic amines) is 1. The van der Waals surface area contributed by atoms with Crippen molar-refractivity contribution < 1.29 is 9.84 Å². The van der Waals surface area contributed by atoms with Crippen molar-refractivity contribution in [3.05, 3.63) is 0 Å². The summed E-state index contributed by atoms with van der Waals surface area (Å²) >= 11 is 0. The van der Waals surface area contributed by atoms with Crippen molar-refractivity contribution in [2.75, 3.05) is 32.8 Å². The van der Waals surface area contributed by atoms with Crippen molar-refractivity contribution in [1.29, 1.82) is 0 Å². The molecule has 0 radical (unpaired) electrons. The summed E-state index contributed by atoms with van der Waals surface area (Å²) in [5.41, 5.74) is 0.175. The van der Waals surface area contributed by atoms with Gasteiger partial charge in [0.05, 0.1) is 5.60 Å². The van der Waals surface area contributed by atoms with Crippen LogP contribution in [0.1, 0.15) is 44.9 Å². The molecule has 3 heteroatoms. The minimum absolute atomic E-state index is 0.464. The quantitative estimate of drug-likeness (QED) is 0.797. The van der Waals surface area contributed by atoms with Crippen molar-refractivity contribution in [3.8, 4) is 0 Å². The first-order valence-electron chi connectivity index (χ1n) is 7.22. The van der Waals surface area contributed by atoms with E-state index in [4.69, 9.17) is 4.74 Å². The van der Waals surface area contributed by atoms with Gasteiger partial charge < -0.3 is 9.84 Å². The molecule has 3 aliphatic rings. The number of ether oxygens (including phenoxy) is 1. The van der Waals surface area contributed by atoms with Crippen LogP contribution in [0.4, 0.5) is 0 Å². The summed E-state index contributed by atoms with van der Waals surface area (Å²) in [5.74, 6) is 0. The molecule has 3 rings (SSSR count). The Labute approximate surface area is 104 Å². The van der Waals surface area contributed by atoms with Gasteiger partial charge in [-0.2, -0.15) is 0 Å². The third-order valence-corrected chi connectivity index (χ3v) is 4.97. The molecule has 1 saturated carbocycles. The molecule has 3 fully saturated rings. The molecule has 17 heavy (non-hydrogen) atoms. The van der Waals surface area contributed by atoms with Gasteiger partial charge in [0.15, 0.2) is 0 Å². The van der Waals surface area contributed by atoms with E-state index in [1.54, 1.807) is 0 Å². The first-order valence-corrected chi connectivity index (χ1v) is 7.22. The Morgan fingerprint density at radius 2 is 1.59 bits per heavy atom. The van der Waals surface area contributed by atoms with E-state index in [2.05, 4.69) is 4.90 Å². The van der Waals surface area contributed by atoms with Gasteiger partial charge in [0.2, 0.25) is 0 Å². The number of rotatable bonds is 2. The molecule has 0 unspecified atom stereocenters. The molecule has 2 heterocycles.